The predicted molar refractivity (Wildman–Crippen MR) is 128 cm³/mol. The van der Waals surface area contributed by atoms with Gasteiger partial charge in [0, 0.05) is 29.8 Å². The van der Waals surface area contributed by atoms with Crippen LogP contribution in [0.25, 0.3) is 0 Å². The molecule has 2 fully saturated rings. The van der Waals surface area contributed by atoms with Crippen molar-refractivity contribution in [2.45, 2.75) is 89.8 Å². The van der Waals surface area contributed by atoms with E-state index in [4.69, 9.17) is 0 Å². The predicted octanol–water partition coefficient (Wildman–Crippen LogP) is 3.92. The van der Waals surface area contributed by atoms with E-state index in [0.29, 0.717) is 30.5 Å². The van der Waals surface area contributed by atoms with E-state index in [-0.39, 0.29) is 29.0 Å². The molecule has 6 heteroatoms. The van der Waals surface area contributed by atoms with E-state index in [1.54, 1.807) is 18.2 Å². The van der Waals surface area contributed by atoms with Gasteiger partial charge < -0.3 is 20.2 Å². The third kappa shape index (κ3) is 5.28. The Kier molecular flexibility index (Phi) is 7.53. The number of hydrogen-bond acceptors (Lipinski definition) is 4. The lowest BCUT2D eigenvalue weighted by molar-refractivity contribution is -0.133. The van der Waals surface area contributed by atoms with Gasteiger partial charge in [-0.15, -0.1) is 0 Å². The Hall–Kier alpha value is -2.08. The SMILES string of the molecule is CCC[C@@H]1C[C@H](N(C)C)CC[C@@H]1N1CCC(NC(=O)c2ccc(O)c(C(C)(C)C)c2)C1=O. The molecule has 1 aromatic carbocycles. The van der Waals surface area contributed by atoms with Gasteiger partial charge in [0.25, 0.3) is 5.91 Å². The zero-order valence-electron chi connectivity index (χ0n) is 20.6. The van der Waals surface area contributed by atoms with Gasteiger partial charge in [-0.1, -0.05) is 34.1 Å². The Balaban J connectivity index is 1.68. The minimum Gasteiger partial charge on any atom is -0.508 e. The Morgan fingerprint density at radius 1 is 1.22 bits per heavy atom. The molecular formula is C26H41N3O3. The van der Waals surface area contributed by atoms with Crippen LogP contribution in [0.15, 0.2) is 18.2 Å². The van der Waals surface area contributed by atoms with Crippen LogP contribution in [0.5, 0.6) is 5.75 Å². The van der Waals surface area contributed by atoms with Crippen molar-refractivity contribution in [2.24, 2.45) is 5.92 Å². The van der Waals surface area contributed by atoms with Gasteiger partial charge >= 0.3 is 0 Å². The summed E-state index contributed by atoms with van der Waals surface area (Å²) >= 11 is 0. The van der Waals surface area contributed by atoms with E-state index >= 15 is 0 Å². The molecule has 1 aliphatic carbocycles. The molecule has 0 spiro atoms. The fraction of sp³-hybridized carbons (Fsp3) is 0.692. The molecule has 1 heterocycles. The normalized spacial score (nSPS) is 26.6. The maximum atomic E-state index is 13.3. The molecule has 1 saturated heterocycles. The van der Waals surface area contributed by atoms with Crippen molar-refractivity contribution in [3.05, 3.63) is 29.3 Å². The first-order valence-electron chi connectivity index (χ1n) is 12.1. The molecule has 0 aromatic heterocycles. The highest BCUT2D eigenvalue weighted by Crippen LogP contribution is 2.36. The summed E-state index contributed by atoms with van der Waals surface area (Å²) in [4.78, 5) is 30.6. The summed E-state index contributed by atoms with van der Waals surface area (Å²) in [6.45, 7) is 8.93. The molecule has 1 aliphatic heterocycles. The topological polar surface area (TPSA) is 72.9 Å². The van der Waals surface area contributed by atoms with Gasteiger partial charge in [0.1, 0.15) is 11.8 Å². The van der Waals surface area contributed by atoms with E-state index in [1.165, 1.54) is 0 Å². The van der Waals surface area contributed by atoms with Crippen LogP contribution in [0, 0.1) is 5.92 Å². The number of carbonyl (C=O) groups excluding carboxylic acids is 2. The number of carbonyl (C=O) groups is 2. The Morgan fingerprint density at radius 3 is 2.56 bits per heavy atom. The van der Waals surface area contributed by atoms with E-state index in [9.17, 15) is 14.7 Å². The van der Waals surface area contributed by atoms with Crippen LogP contribution in [0.2, 0.25) is 0 Å². The van der Waals surface area contributed by atoms with E-state index in [2.05, 4.69) is 36.1 Å². The van der Waals surface area contributed by atoms with Crippen LogP contribution < -0.4 is 5.32 Å². The monoisotopic (exact) mass is 443 g/mol. The van der Waals surface area contributed by atoms with E-state index < -0.39 is 6.04 Å². The number of amides is 2. The van der Waals surface area contributed by atoms with Crippen LogP contribution in [-0.2, 0) is 10.2 Å². The lowest BCUT2D eigenvalue weighted by Crippen LogP contribution is -2.50. The Bertz CT molecular complexity index is 830. The maximum absolute atomic E-state index is 13.3. The number of rotatable bonds is 6. The second kappa shape index (κ2) is 9.82. The number of hydrogen-bond donors (Lipinski definition) is 2. The molecule has 6 nitrogen and oxygen atoms in total. The fourth-order valence-electron chi connectivity index (χ4n) is 5.47. The van der Waals surface area contributed by atoms with Gasteiger partial charge in [-0.2, -0.15) is 0 Å². The second-order valence-corrected chi connectivity index (χ2v) is 10.9. The van der Waals surface area contributed by atoms with Crippen LogP contribution in [0.4, 0.5) is 0 Å². The quantitative estimate of drug-likeness (QED) is 0.699. The number of phenolic OH excluding ortho intramolecular Hbond substituents is 1. The van der Waals surface area contributed by atoms with Crippen molar-refractivity contribution >= 4 is 11.8 Å². The first-order valence-corrected chi connectivity index (χ1v) is 12.1. The first kappa shape index (κ1) is 24.6. The number of nitrogens with one attached hydrogen (secondary N) is 1. The summed E-state index contributed by atoms with van der Waals surface area (Å²) in [7, 11) is 4.30. The molecule has 3 rings (SSSR count). The number of likely N-dealkylation sites (tertiary alicyclic amines) is 1. The summed E-state index contributed by atoms with van der Waals surface area (Å²) in [5.41, 5.74) is 0.930. The number of aromatic hydroxyl groups is 1. The second-order valence-electron chi connectivity index (χ2n) is 10.9. The zero-order chi connectivity index (χ0) is 23.6. The molecular weight excluding hydrogens is 402 g/mol. The minimum absolute atomic E-state index is 0.0579. The maximum Gasteiger partial charge on any atom is 0.251 e. The lowest BCUT2D eigenvalue weighted by Gasteiger charge is -2.43. The van der Waals surface area contributed by atoms with Gasteiger partial charge in [-0.3, -0.25) is 9.59 Å². The molecule has 0 bridgehead atoms. The minimum atomic E-state index is -0.469. The number of phenols is 1. The van der Waals surface area contributed by atoms with Gasteiger partial charge in [-0.25, -0.2) is 0 Å². The van der Waals surface area contributed by atoms with Crippen LogP contribution in [-0.4, -0.2) is 65.5 Å². The largest absolute Gasteiger partial charge is 0.508 e. The average Bonchev–Trinajstić information content (AvgIpc) is 3.07. The van der Waals surface area contributed by atoms with Crippen molar-refractivity contribution in [1.29, 1.82) is 0 Å². The number of benzene rings is 1. The average molecular weight is 444 g/mol. The molecule has 1 unspecified atom stereocenters. The molecule has 2 aliphatic rings. The first-order chi connectivity index (χ1) is 15.0. The standard InChI is InChI=1S/C26H41N3O3/c1-7-8-17-15-19(28(5)6)10-11-22(17)29-14-13-21(25(29)32)27-24(31)18-9-12-23(30)20(16-18)26(2,3)4/h9,12,16-17,19,21-22,30H,7-8,10-11,13-15H2,1-6H3,(H,27,31)/t17-,19-,21?,22+/m1/s1. The third-order valence-electron chi connectivity index (χ3n) is 7.32. The summed E-state index contributed by atoms with van der Waals surface area (Å²) in [5, 5.41) is 13.1. The molecule has 32 heavy (non-hydrogen) atoms. The van der Waals surface area contributed by atoms with Crippen LogP contribution >= 0.6 is 0 Å². The van der Waals surface area contributed by atoms with E-state index in [0.717, 1.165) is 37.7 Å². The summed E-state index contributed by atoms with van der Waals surface area (Å²) in [6, 6.07) is 5.32. The molecule has 4 atom stereocenters. The highest BCUT2D eigenvalue weighted by atomic mass is 16.3. The highest BCUT2D eigenvalue weighted by molar-refractivity contribution is 5.98. The van der Waals surface area contributed by atoms with Crippen molar-refractivity contribution in [1.82, 2.24) is 15.1 Å². The smallest absolute Gasteiger partial charge is 0.251 e. The molecule has 1 saturated carbocycles. The molecule has 2 N–H and O–H groups in total. The van der Waals surface area contributed by atoms with Gasteiger partial charge in [-0.05, 0) is 75.7 Å². The van der Waals surface area contributed by atoms with Crippen molar-refractivity contribution in [3.63, 3.8) is 0 Å². The molecule has 1 aromatic rings. The van der Waals surface area contributed by atoms with Gasteiger partial charge in [0.2, 0.25) is 5.91 Å². The summed E-state index contributed by atoms with van der Waals surface area (Å²) < 4.78 is 0. The van der Waals surface area contributed by atoms with Gasteiger partial charge in [0.15, 0.2) is 0 Å². The summed E-state index contributed by atoms with van der Waals surface area (Å²) in [5.74, 6) is 0.512. The van der Waals surface area contributed by atoms with Gasteiger partial charge in [0.05, 0.1) is 0 Å². The Morgan fingerprint density at radius 2 is 1.94 bits per heavy atom. The van der Waals surface area contributed by atoms with Crippen molar-refractivity contribution in [2.75, 3.05) is 20.6 Å². The van der Waals surface area contributed by atoms with Crippen molar-refractivity contribution < 1.29 is 14.7 Å². The molecule has 0 radical (unpaired) electrons. The fourth-order valence-corrected chi connectivity index (χ4v) is 5.47. The van der Waals surface area contributed by atoms with E-state index in [1.807, 2.05) is 20.8 Å². The summed E-state index contributed by atoms with van der Waals surface area (Å²) in [6.07, 6.45) is 6.20. The number of nitrogens with zero attached hydrogens (tertiary/aromatic N) is 2. The van der Waals surface area contributed by atoms with Crippen LogP contribution in [0.3, 0.4) is 0 Å². The molecule has 178 valence electrons. The highest BCUT2D eigenvalue weighted by Gasteiger charge is 2.42. The van der Waals surface area contributed by atoms with Crippen molar-refractivity contribution in [3.8, 4) is 5.75 Å². The Labute approximate surface area is 193 Å². The zero-order valence-corrected chi connectivity index (χ0v) is 20.6. The van der Waals surface area contributed by atoms with Crippen LogP contribution in [0.1, 0.15) is 82.1 Å². The lowest BCUT2D eigenvalue weighted by atomic mass is 9.78. The molecule has 2 amide bonds. The third-order valence-corrected chi connectivity index (χ3v) is 7.32.